The molecule has 0 fully saturated rings. The summed E-state index contributed by atoms with van der Waals surface area (Å²) in [5.41, 5.74) is 3.19. The summed E-state index contributed by atoms with van der Waals surface area (Å²) in [6, 6.07) is 9.99. The van der Waals surface area contributed by atoms with E-state index in [0.29, 0.717) is 5.88 Å². The van der Waals surface area contributed by atoms with Gasteiger partial charge in [-0.2, -0.15) is 0 Å². The molecular formula is C13H11ClN2O. The van der Waals surface area contributed by atoms with Gasteiger partial charge in [-0.3, -0.25) is 0 Å². The summed E-state index contributed by atoms with van der Waals surface area (Å²) >= 11 is 5.94. The summed E-state index contributed by atoms with van der Waals surface area (Å²) in [4.78, 5) is 4.51. The van der Waals surface area contributed by atoms with Gasteiger partial charge in [0.25, 0.3) is 0 Å². The van der Waals surface area contributed by atoms with Crippen LogP contribution >= 0.6 is 11.6 Å². The number of imidazole rings is 1. The maximum absolute atomic E-state index is 5.94. The maximum atomic E-state index is 5.94. The van der Waals surface area contributed by atoms with Crippen molar-refractivity contribution < 1.29 is 4.42 Å². The zero-order chi connectivity index (χ0) is 11.7. The molecule has 4 heteroatoms. The van der Waals surface area contributed by atoms with Gasteiger partial charge in [0.1, 0.15) is 5.82 Å². The highest BCUT2D eigenvalue weighted by atomic mass is 35.5. The zero-order valence-corrected chi connectivity index (χ0v) is 9.89. The maximum Gasteiger partial charge on any atom is 0.125 e. The second kappa shape index (κ2) is 4.26. The van der Waals surface area contributed by atoms with E-state index in [1.807, 2.05) is 24.3 Å². The lowest BCUT2D eigenvalue weighted by Crippen LogP contribution is -2.02. The summed E-state index contributed by atoms with van der Waals surface area (Å²) in [5, 5.41) is 0. The molecule has 0 unspecified atom stereocenters. The lowest BCUT2D eigenvalue weighted by atomic mass is 10.3. The molecule has 0 aliphatic carbocycles. The largest absolute Gasteiger partial charge is 0.472 e. The summed E-state index contributed by atoms with van der Waals surface area (Å²) in [6.45, 7) is 0.735. The summed E-state index contributed by atoms with van der Waals surface area (Å²) in [7, 11) is 0. The van der Waals surface area contributed by atoms with E-state index in [-0.39, 0.29) is 0 Å². The van der Waals surface area contributed by atoms with Crippen LogP contribution in [0.3, 0.4) is 0 Å². The van der Waals surface area contributed by atoms with Gasteiger partial charge in [-0.25, -0.2) is 4.98 Å². The Hall–Kier alpha value is -1.74. The molecule has 0 atom stereocenters. The molecule has 17 heavy (non-hydrogen) atoms. The number of fused-ring (bicyclic) bond motifs is 1. The Morgan fingerprint density at radius 1 is 1.24 bits per heavy atom. The van der Waals surface area contributed by atoms with Gasteiger partial charge in [-0.1, -0.05) is 12.1 Å². The van der Waals surface area contributed by atoms with Crippen LogP contribution in [0.15, 0.2) is 47.3 Å². The molecule has 2 heterocycles. The Labute approximate surface area is 104 Å². The fraction of sp³-hybridized carbons (Fsp3) is 0.154. The van der Waals surface area contributed by atoms with E-state index in [1.165, 1.54) is 0 Å². The fourth-order valence-corrected chi connectivity index (χ4v) is 2.17. The van der Waals surface area contributed by atoms with E-state index in [2.05, 4.69) is 15.6 Å². The van der Waals surface area contributed by atoms with E-state index in [9.17, 15) is 0 Å². The van der Waals surface area contributed by atoms with Crippen molar-refractivity contribution in [2.75, 3.05) is 0 Å². The Bertz CT molecular complexity index is 628. The van der Waals surface area contributed by atoms with Crippen LogP contribution in [0.1, 0.15) is 11.4 Å². The monoisotopic (exact) mass is 246 g/mol. The summed E-state index contributed by atoms with van der Waals surface area (Å²) in [5.74, 6) is 1.29. The van der Waals surface area contributed by atoms with E-state index < -0.39 is 0 Å². The first-order valence-corrected chi connectivity index (χ1v) is 5.93. The Morgan fingerprint density at radius 3 is 2.88 bits per heavy atom. The molecule has 0 amide bonds. The molecule has 0 aliphatic heterocycles. The van der Waals surface area contributed by atoms with Gasteiger partial charge in [0.05, 0.1) is 36.0 Å². The molecule has 3 aromatic rings. The van der Waals surface area contributed by atoms with Gasteiger partial charge in [0.2, 0.25) is 0 Å². The number of para-hydroxylation sites is 2. The second-order valence-electron chi connectivity index (χ2n) is 3.87. The average molecular weight is 247 g/mol. The molecule has 0 bridgehead atoms. The third-order valence-electron chi connectivity index (χ3n) is 2.77. The van der Waals surface area contributed by atoms with Crippen LogP contribution in [-0.2, 0) is 12.4 Å². The van der Waals surface area contributed by atoms with Gasteiger partial charge in [0.15, 0.2) is 0 Å². The summed E-state index contributed by atoms with van der Waals surface area (Å²) < 4.78 is 7.20. The molecule has 0 saturated carbocycles. The average Bonchev–Trinajstić information content (AvgIpc) is 2.98. The van der Waals surface area contributed by atoms with Crippen LogP contribution in [0.25, 0.3) is 11.0 Å². The number of benzene rings is 1. The molecule has 0 aliphatic rings. The van der Waals surface area contributed by atoms with Crippen LogP contribution < -0.4 is 0 Å². The third kappa shape index (κ3) is 1.83. The lowest BCUT2D eigenvalue weighted by Gasteiger charge is -2.05. The highest BCUT2D eigenvalue weighted by molar-refractivity contribution is 6.16. The number of aromatic nitrogens is 2. The quantitative estimate of drug-likeness (QED) is 0.663. The predicted octanol–water partition coefficient (Wildman–Crippen LogP) is 3.42. The number of hydrogen-bond acceptors (Lipinski definition) is 2. The van der Waals surface area contributed by atoms with Gasteiger partial charge in [-0.15, -0.1) is 11.6 Å². The molecule has 0 saturated heterocycles. The molecule has 1 aromatic carbocycles. The van der Waals surface area contributed by atoms with Gasteiger partial charge in [0, 0.05) is 5.56 Å². The van der Waals surface area contributed by atoms with Crippen molar-refractivity contribution in [3.05, 3.63) is 54.2 Å². The van der Waals surface area contributed by atoms with E-state index in [0.717, 1.165) is 29.0 Å². The molecule has 86 valence electrons. The molecule has 0 radical (unpaired) electrons. The number of halogens is 1. The van der Waals surface area contributed by atoms with E-state index in [1.54, 1.807) is 12.5 Å². The SMILES string of the molecule is ClCc1nc2ccccc2n1Cc1ccoc1. The Morgan fingerprint density at radius 2 is 2.12 bits per heavy atom. The van der Waals surface area contributed by atoms with E-state index >= 15 is 0 Å². The first-order valence-electron chi connectivity index (χ1n) is 5.39. The molecule has 2 aromatic heterocycles. The highest BCUT2D eigenvalue weighted by Crippen LogP contribution is 2.19. The molecule has 3 rings (SSSR count). The lowest BCUT2D eigenvalue weighted by molar-refractivity contribution is 0.562. The molecule has 3 nitrogen and oxygen atoms in total. The normalized spacial score (nSPS) is 11.1. The first kappa shape index (κ1) is 10.4. The number of alkyl halides is 1. The topological polar surface area (TPSA) is 31.0 Å². The van der Waals surface area contributed by atoms with Crippen LogP contribution in [-0.4, -0.2) is 9.55 Å². The summed E-state index contributed by atoms with van der Waals surface area (Å²) in [6.07, 6.45) is 3.42. The van der Waals surface area contributed by atoms with Gasteiger partial charge in [-0.05, 0) is 18.2 Å². The first-order chi connectivity index (χ1) is 8.38. The molecule has 0 spiro atoms. The standard InChI is InChI=1S/C13H11ClN2O/c14-7-13-15-11-3-1-2-4-12(11)16(13)8-10-5-6-17-9-10/h1-6,9H,7-8H2. The molecule has 0 N–H and O–H groups in total. The van der Waals surface area contributed by atoms with Gasteiger partial charge >= 0.3 is 0 Å². The smallest absolute Gasteiger partial charge is 0.125 e. The number of nitrogens with zero attached hydrogens (tertiary/aromatic N) is 2. The minimum absolute atomic E-state index is 0.409. The minimum atomic E-state index is 0.409. The van der Waals surface area contributed by atoms with Crippen LogP contribution in [0.4, 0.5) is 0 Å². The van der Waals surface area contributed by atoms with Crippen LogP contribution in [0, 0.1) is 0 Å². The van der Waals surface area contributed by atoms with Crippen LogP contribution in [0.5, 0.6) is 0 Å². The fourth-order valence-electron chi connectivity index (χ4n) is 1.97. The van der Waals surface area contributed by atoms with E-state index in [4.69, 9.17) is 16.0 Å². The second-order valence-corrected chi connectivity index (χ2v) is 4.14. The van der Waals surface area contributed by atoms with Crippen molar-refractivity contribution in [2.24, 2.45) is 0 Å². The molecular weight excluding hydrogens is 236 g/mol. The predicted molar refractivity (Wildman–Crippen MR) is 67.1 cm³/mol. The van der Waals surface area contributed by atoms with Crippen molar-refractivity contribution in [2.45, 2.75) is 12.4 Å². The van der Waals surface area contributed by atoms with Crippen molar-refractivity contribution in [1.82, 2.24) is 9.55 Å². The number of hydrogen-bond donors (Lipinski definition) is 0. The van der Waals surface area contributed by atoms with Crippen molar-refractivity contribution >= 4 is 22.6 Å². The van der Waals surface area contributed by atoms with Crippen LogP contribution in [0.2, 0.25) is 0 Å². The van der Waals surface area contributed by atoms with Crippen molar-refractivity contribution in [1.29, 1.82) is 0 Å². The third-order valence-corrected chi connectivity index (χ3v) is 3.01. The number of rotatable bonds is 3. The Balaban J connectivity index is 2.12. The number of furan rings is 1. The van der Waals surface area contributed by atoms with Crippen molar-refractivity contribution in [3.63, 3.8) is 0 Å². The van der Waals surface area contributed by atoms with Gasteiger partial charge < -0.3 is 8.98 Å². The Kier molecular flexibility index (Phi) is 2.61. The van der Waals surface area contributed by atoms with Crippen molar-refractivity contribution in [3.8, 4) is 0 Å². The highest BCUT2D eigenvalue weighted by Gasteiger charge is 2.09. The zero-order valence-electron chi connectivity index (χ0n) is 9.14. The minimum Gasteiger partial charge on any atom is -0.472 e.